The predicted molar refractivity (Wildman–Crippen MR) is 36.2 cm³/mol. The molecule has 1 aromatic heterocycles. The smallest absolute Gasteiger partial charge is 0.0702 e. The van der Waals surface area contributed by atoms with E-state index in [9.17, 15) is 0 Å². The third-order valence-corrected chi connectivity index (χ3v) is 1.05. The Labute approximate surface area is 57.7 Å². The molecule has 0 bridgehead atoms. The maximum Gasteiger partial charge on any atom is 0.0702 e. The molecule has 0 aromatic carbocycles. The molecule has 5 heteroatoms. The van der Waals surface area contributed by atoms with Crippen molar-refractivity contribution in [2.75, 3.05) is 0 Å². The number of nitrogens with one attached hydrogen (secondary N) is 1. The molecule has 1 N–H and O–H groups in total. The Balaban J connectivity index is 2.66. The first-order chi connectivity index (χ1) is 4.83. The zero-order chi connectivity index (χ0) is 7.40. The van der Waals surface area contributed by atoms with Crippen LogP contribution in [0.2, 0.25) is 0 Å². The lowest BCUT2D eigenvalue weighted by molar-refractivity contribution is 0.931. The largest absolute Gasteiger partial charge is 0.283 e. The van der Waals surface area contributed by atoms with Crippen LogP contribution in [0.5, 0.6) is 0 Å². The fourth-order valence-corrected chi connectivity index (χ4v) is 0.660. The first kappa shape index (κ1) is 6.64. The zero-order valence-electron chi connectivity index (χ0n) is 5.57. The van der Waals surface area contributed by atoms with Crippen LogP contribution in [0.15, 0.2) is 11.2 Å². The third kappa shape index (κ3) is 1.50. The van der Waals surface area contributed by atoms with Crippen molar-refractivity contribution in [1.29, 1.82) is 0 Å². The van der Waals surface area contributed by atoms with E-state index < -0.39 is 0 Å². The molecule has 5 nitrogen and oxygen atoms in total. The molecule has 0 unspecified atom stereocenters. The van der Waals surface area contributed by atoms with Gasteiger partial charge in [0, 0.05) is 10.6 Å². The zero-order valence-corrected chi connectivity index (χ0v) is 5.57. The van der Waals surface area contributed by atoms with E-state index in [-0.39, 0.29) is 0 Å². The Morgan fingerprint density at radius 1 is 1.90 bits per heavy atom. The number of hydrogen-bond donors (Lipinski definition) is 1. The Bertz CT molecular complexity index is 257. The predicted octanol–water partition coefficient (Wildman–Crippen LogP) is 1.53. The molecule has 1 heterocycles. The van der Waals surface area contributed by atoms with Crippen LogP contribution in [-0.2, 0) is 6.54 Å². The summed E-state index contributed by atoms with van der Waals surface area (Å²) in [6.07, 6.45) is 0. The van der Waals surface area contributed by atoms with Gasteiger partial charge in [-0.3, -0.25) is 5.10 Å². The van der Waals surface area contributed by atoms with Crippen molar-refractivity contribution in [3.63, 3.8) is 0 Å². The lowest BCUT2D eigenvalue weighted by Crippen LogP contribution is -1.77. The van der Waals surface area contributed by atoms with Crippen LogP contribution in [-0.4, -0.2) is 10.2 Å². The van der Waals surface area contributed by atoms with Crippen LogP contribution < -0.4 is 0 Å². The molecular formula is C5H7N5. The molecule has 0 saturated heterocycles. The lowest BCUT2D eigenvalue weighted by Gasteiger charge is -1.79. The summed E-state index contributed by atoms with van der Waals surface area (Å²) in [5.74, 6) is 0. The van der Waals surface area contributed by atoms with Crippen molar-refractivity contribution < 1.29 is 0 Å². The molecule has 0 aliphatic carbocycles. The molecule has 0 spiro atoms. The van der Waals surface area contributed by atoms with Gasteiger partial charge >= 0.3 is 0 Å². The normalized spacial score (nSPS) is 8.90. The number of H-pyrrole nitrogens is 1. The number of aromatic amines is 1. The van der Waals surface area contributed by atoms with Gasteiger partial charge in [0.2, 0.25) is 0 Å². The molecular weight excluding hydrogens is 130 g/mol. The second-order valence-corrected chi connectivity index (χ2v) is 1.93. The minimum absolute atomic E-state index is 0.320. The highest BCUT2D eigenvalue weighted by Gasteiger charge is 1.92. The van der Waals surface area contributed by atoms with Crippen molar-refractivity contribution in [2.24, 2.45) is 5.11 Å². The van der Waals surface area contributed by atoms with E-state index in [2.05, 4.69) is 20.2 Å². The number of azide groups is 1. The van der Waals surface area contributed by atoms with Gasteiger partial charge in [-0.25, -0.2) is 0 Å². The van der Waals surface area contributed by atoms with Gasteiger partial charge in [0.1, 0.15) is 0 Å². The number of aromatic nitrogens is 2. The van der Waals surface area contributed by atoms with Crippen LogP contribution in [0.3, 0.4) is 0 Å². The van der Waals surface area contributed by atoms with E-state index >= 15 is 0 Å². The van der Waals surface area contributed by atoms with Gasteiger partial charge in [0.25, 0.3) is 0 Å². The first-order valence-corrected chi connectivity index (χ1v) is 2.84. The van der Waals surface area contributed by atoms with Crippen LogP contribution in [0.4, 0.5) is 0 Å². The molecule has 1 rings (SSSR count). The molecule has 0 atom stereocenters. The van der Waals surface area contributed by atoms with Crippen molar-refractivity contribution in [2.45, 2.75) is 13.5 Å². The Morgan fingerprint density at radius 3 is 3.20 bits per heavy atom. The number of hydrogen-bond acceptors (Lipinski definition) is 2. The third-order valence-electron chi connectivity index (χ3n) is 1.05. The molecule has 10 heavy (non-hydrogen) atoms. The van der Waals surface area contributed by atoms with Crippen molar-refractivity contribution in [3.05, 3.63) is 27.9 Å². The lowest BCUT2D eigenvalue weighted by atomic mass is 10.4. The summed E-state index contributed by atoms with van der Waals surface area (Å²) in [5, 5.41) is 9.96. The fraction of sp³-hybridized carbons (Fsp3) is 0.400. The molecule has 0 amide bonds. The highest BCUT2D eigenvalue weighted by atomic mass is 15.2. The summed E-state index contributed by atoms with van der Waals surface area (Å²) in [4.78, 5) is 2.61. The van der Waals surface area contributed by atoms with E-state index in [1.807, 2.05) is 13.0 Å². The van der Waals surface area contributed by atoms with Gasteiger partial charge in [-0.15, -0.1) is 0 Å². The van der Waals surface area contributed by atoms with Gasteiger partial charge in [-0.05, 0) is 18.5 Å². The van der Waals surface area contributed by atoms with Gasteiger partial charge in [0.15, 0.2) is 0 Å². The fourth-order valence-electron chi connectivity index (χ4n) is 0.660. The molecule has 1 aromatic rings. The minimum Gasteiger partial charge on any atom is -0.283 e. The van der Waals surface area contributed by atoms with E-state index in [4.69, 9.17) is 5.53 Å². The summed E-state index contributed by atoms with van der Waals surface area (Å²) in [6, 6.07) is 1.84. The molecule has 0 aliphatic rings. The van der Waals surface area contributed by atoms with Crippen LogP contribution in [0.25, 0.3) is 10.4 Å². The van der Waals surface area contributed by atoms with E-state index in [0.29, 0.717) is 6.54 Å². The van der Waals surface area contributed by atoms with Crippen LogP contribution >= 0.6 is 0 Å². The molecule has 0 radical (unpaired) electrons. The Kier molecular flexibility index (Phi) is 1.92. The number of nitrogens with zero attached hydrogens (tertiary/aromatic N) is 4. The maximum absolute atomic E-state index is 7.95. The Morgan fingerprint density at radius 2 is 2.70 bits per heavy atom. The van der Waals surface area contributed by atoms with E-state index in [0.717, 1.165) is 11.4 Å². The summed E-state index contributed by atoms with van der Waals surface area (Å²) < 4.78 is 0. The van der Waals surface area contributed by atoms with E-state index in [1.54, 1.807) is 0 Å². The molecule has 52 valence electrons. The molecule has 0 fully saturated rings. The second-order valence-electron chi connectivity index (χ2n) is 1.93. The second kappa shape index (κ2) is 2.89. The van der Waals surface area contributed by atoms with Gasteiger partial charge in [0.05, 0.1) is 12.2 Å². The summed E-state index contributed by atoms with van der Waals surface area (Å²) in [6.45, 7) is 2.22. The van der Waals surface area contributed by atoms with E-state index in [1.165, 1.54) is 0 Å². The topological polar surface area (TPSA) is 77.4 Å². The Hall–Kier alpha value is -1.48. The summed E-state index contributed by atoms with van der Waals surface area (Å²) in [5.41, 5.74) is 9.70. The SMILES string of the molecule is Cc1cc(CN=[N+]=[N-])n[nH]1. The van der Waals surface area contributed by atoms with Crippen molar-refractivity contribution in [3.8, 4) is 0 Å². The number of aryl methyl sites for hydroxylation is 1. The quantitative estimate of drug-likeness (QED) is 0.374. The summed E-state index contributed by atoms with van der Waals surface area (Å²) >= 11 is 0. The highest BCUT2D eigenvalue weighted by Crippen LogP contribution is 1.98. The van der Waals surface area contributed by atoms with Crippen molar-refractivity contribution >= 4 is 0 Å². The maximum atomic E-state index is 7.95. The molecule has 0 saturated carbocycles. The standard InChI is InChI=1S/C5H7N5/c1-4-2-5(9-8-4)3-7-10-6/h2H,3H2,1H3,(H,8,9). The monoisotopic (exact) mass is 137 g/mol. The average molecular weight is 137 g/mol. The van der Waals surface area contributed by atoms with Gasteiger partial charge in [-0.2, -0.15) is 5.10 Å². The first-order valence-electron chi connectivity index (χ1n) is 2.84. The average Bonchev–Trinajstić information content (AvgIpc) is 2.31. The highest BCUT2D eigenvalue weighted by molar-refractivity contribution is 5.06. The van der Waals surface area contributed by atoms with Crippen LogP contribution in [0.1, 0.15) is 11.4 Å². The van der Waals surface area contributed by atoms with Crippen LogP contribution in [0, 0.1) is 6.92 Å². The summed E-state index contributed by atoms with van der Waals surface area (Å²) in [7, 11) is 0. The van der Waals surface area contributed by atoms with Crippen molar-refractivity contribution in [1.82, 2.24) is 10.2 Å². The minimum atomic E-state index is 0.320. The number of rotatable bonds is 2. The van der Waals surface area contributed by atoms with Gasteiger partial charge < -0.3 is 0 Å². The van der Waals surface area contributed by atoms with Gasteiger partial charge in [-0.1, -0.05) is 5.11 Å². The molecule has 0 aliphatic heterocycles.